The second kappa shape index (κ2) is 16.2. The third-order valence-corrected chi connectivity index (χ3v) is 13.7. The summed E-state index contributed by atoms with van der Waals surface area (Å²) in [6, 6.07) is 82.9. The molecule has 0 aliphatic carbocycles. The van der Waals surface area contributed by atoms with Gasteiger partial charge in [-0.25, -0.2) is 9.98 Å². The molecular formula is C64H42N4. The van der Waals surface area contributed by atoms with Crippen molar-refractivity contribution in [3.8, 4) is 16.8 Å². The molecular weight excluding hydrogens is 825 g/mol. The van der Waals surface area contributed by atoms with E-state index in [1.807, 2.05) is 60.7 Å². The second-order valence-corrected chi connectivity index (χ2v) is 17.5. The fourth-order valence-corrected chi connectivity index (χ4v) is 10.7. The summed E-state index contributed by atoms with van der Waals surface area (Å²) in [6.45, 7) is 4.29. The third kappa shape index (κ3) is 6.41. The summed E-state index contributed by atoms with van der Waals surface area (Å²) in [5.74, 6) is 1.13. The standard InChI is InChI=1S/C64H42N4/c1-65-63(42-18-4-2-5-19-42)67-64(43-20-6-3-7-21-43)66-40-41-36-58-52-28-13-11-25-49(52)50-26-14-15-30-55(50)62(58)61(37-41)68-59-31-17-16-29-54(59)57-39-45(33-35-60(57)68)44-32-34-53-48-24-9-8-22-46(48)47-23-10-12-27-51(47)56(53)38-44/h2-39H,1,40H2. The van der Waals surface area contributed by atoms with E-state index in [-0.39, 0.29) is 0 Å². The van der Waals surface area contributed by atoms with Crippen LogP contribution in [-0.4, -0.2) is 23.0 Å². The van der Waals surface area contributed by atoms with Gasteiger partial charge in [-0.3, -0.25) is 4.99 Å². The van der Waals surface area contributed by atoms with Crippen molar-refractivity contribution in [1.29, 1.82) is 0 Å². The van der Waals surface area contributed by atoms with Crippen LogP contribution < -0.4 is 0 Å². The zero-order chi connectivity index (χ0) is 45.1. The van der Waals surface area contributed by atoms with Gasteiger partial charge in [0, 0.05) is 27.3 Å². The Kier molecular flexibility index (Phi) is 9.36. The lowest BCUT2D eigenvalue weighted by molar-refractivity contribution is 1.06. The van der Waals surface area contributed by atoms with Gasteiger partial charge in [0.25, 0.3) is 0 Å². The topological polar surface area (TPSA) is 42.0 Å². The van der Waals surface area contributed by atoms with E-state index in [2.05, 4.69) is 186 Å². The van der Waals surface area contributed by atoms with Crippen molar-refractivity contribution in [2.45, 2.75) is 6.54 Å². The molecule has 13 aromatic rings. The lowest BCUT2D eigenvalue weighted by atomic mass is 9.91. The monoisotopic (exact) mass is 866 g/mol. The van der Waals surface area contributed by atoms with E-state index in [4.69, 9.17) is 9.98 Å². The van der Waals surface area contributed by atoms with E-state index in [0.29, 0.717) is 18.2 Å². The van der Waals surface area contributed by atoms with Crippen molar-refractivity contribution < 1.29 is 0 Å². The molecule has 0 spiro atoms. The van der Waals surface area contributed by atoms with Crippen LogP contribution in [0.3, 0.4) is 0 Å². The minimum atomic E-state index is 0.393. The minimum absolute atomic E-state index is 0.393. The quantitative estimate of drug-likeness (QED) is 0.0908. The average Bonchev–Trinajstić information content (AvgIpc) is 3.74. The van der Waals surface area contributed by atoms with Gasteiger partial charge in [-0.15, -0.1) is 0 Å². The maximum atomic E-state index is 5.31. The molecule has 4 nitrogen and oxygen atoms in total. The Morgan fingerprint density at radius 1 is 0.353 bits per heavy atom. The smallest absolute Gasteiger partial charge is 0.161 e. The van der Waals surface area contributed by atoms with Crippen LogP contribution in [-0.2, 0) is 6.54 Å². The normalized spacial score (nSPS) is 12.4. The van der Waals surface area contributed by atoms with Gasteiger partial charge in [0.2, 0.25) is 0 Å². The van der Waals surface area contributed by atoms with Crippen molar-refractivity contribution in [3.05, 3.63) is 247 Å². The summed E-state index contributed by atoms with van der Waals surface area (Å²) in [6.07, 6.45) is 0. The number of hydrogen-bond acceptors (Lipinski definition) is 1. The fourth-order valence-electron chi connectivity index (χ4n) is 10.7. The number of nitrogens with zero attached hydrogens (tertiary/aromatic N) is 4. The van der Waals surface area contributed by atoms with Crippen LogP contribution in [0.15, 0.2) is 245 Å². The first kappa shape index (κ1) is 39.4. The summed E-state index contributed by atoms with van der Waals surface area (Å²) in [5, 5.41) is 17.3. The molecule has 0 saturated heterocycles. The predicted octanol–water partition coefficient (Wildman–Crippen LogP) is 16.5. The molecule has 13 rings (SSSR count). The molecule has 0 fully saturated rings. The first-order valence-electron chi connectivity index (χ1n) is 23.1. The maximum absolute atomic E-state index is 5.31. The lowest BCUT2D eigenvalue weighted by Gasteiger charge is -2.18. The molecule has 0 amide bonds. The number of fused-ring (bicyclic) bond motifs is 15. The Labute approximate surface area is 393 Å². The highest BCUT2D eigenvalue weighted by atomic mass is 15.0. The first-order valence-corrected chi connectivity index (χ1v) is 23.1. The average molecular weight is 867 g/mol. The zero-order valence-electron chi connectivity index (χ0n) is 37.1. The minimum Gasteiger partial charge on any atom is -0.309 e. The van der Waals surface area contributed by atoms with Gasteiger partial charge in [-0.1, -0.05) is 194 Å². The molecule has 0 unspecified atom stereocenters. The molecule has 1 heterocycles. The van der Waals surface area contributed by atoms with Gasteiger partial charge in [0.1, 0.15) is 0 Å². The molecule has 12 aromatic carbocycles. The van der Waals surface area contributed by atoms with Crippen LogP contribution in [0.4, 0.5) is 0 Å². The fraction of sp³-hybridized carbons (Fsp3) is 0.0156. The summed E-state index contributed by atoms with van der Waals surface area (Å²) in [4.78, 5) is 14.7. The van der Waals surface area contributed by atoms with E-state index in [0.717, 1.165) is 33.4 Å². The number of aromatic nitrogens is 1. The molecule has 0 N–H and O–H groups in total. The van der Waals surface area contributed by atoms with E-state index < -0.39 is 0 Å². The molecule has 0 bridgehead atoms. The molecule has 0 aliphatic heterocycles. The third-order valence-electron chi connectivity index (χ3n) is 13.7. The Morgan fingerprint density at radius 3 is 1.40 bits per heavy atom. The molecule has 0 radical (unpaired) electrons. The Bertz CT molecular complexity index is 4200. The van der Waals surface area contributed by atoms with Crippen LogP contribution in [0.25, 0.3) is 103 Å². The highest BCUT2D eigenvalue weighted by Crippen LogP contribution is 2.43. The highest BCUT2D eigenvalue weighted by Gasteiger charge is 2.20. The van der Waals surface area contributed by atoms with Gasteiger partial charge in [-0.05, 0) is 119 Å². The van der Waals surface area contributed by atoms with E-state index in [9.17, 15) is 0 Å². The molecule has 68 heavy (non-hydrogen) atoms. The Hall–Kier alpha value is -8.99. The second-order valence-electron chi connectivity index (χ2n) is 17.5. The van der Waals surface area contributed by atoms with Crippen molar-refractivity contribution in [1.82, 2.24) is 4.57 Å². The summed E-state index contributed by atoms with van der Waals surface area (Å²) < 4.78 is 2.48. The predicted molar refractivity (Wildman–Crippen MR) is 290 cm³/mol. The summed E-state index contributed by atoms with van der Waals surface area (Å²) in [7, 11) is 0. The number of aliphatic imine (C=N–C) groups is 3. The number of para-hydroxylation sites is 1. The van der Waals surface area contributed by atoms with E-state index >= 15 is 0 Å². The van der Waals surface area contributed by atoms with Crippen LogP contribution in [0.1, 0.15) is 16.7 Å². The van der Waals surface area contributed by atoms with Gasteiger partial charge < -0.3 is 4.57 Å². The van der Waals surface area contributed by atoms with E-state index in [1.165, 1.54) is 86.5 Å². The van der Waals surface area contributed by atoms with Crippen LogP contribution >= 0.6 is 0 Å². The number of benzene rings is 12. The van der Waals surface area contributed by atoms with Gasteiger partial charge >= 0.3 is 0 Å². The lowest BCUT2D eigenvalue weighted by Crippen LogP contribution is -2.05. The SMILES string of the molecule is C=NC(=NC(=NCc1cc(-n2c3ccccc3c3cc(-c4ccc5c6ccccc6c6ccccc6c5c4)ccc32)c2c3ccccc3c3ccccc3c2c1)c1ccccc1)c1ccccc1. The summed E-state index contributed by atoms with van der Waals surface area (Å²) >= 11 is 0. The Morgan fingerprint density at radius 2 is 0.794 bits per heavy atom. The van der Waals surface area contributed by atoms with Crippen molar-refractivity contribution in [2.75, 3.05) is 0 Å². The van der Waals surface area contributed by atoms with E-state index in [1.54, 1.807) is 0 Å². The van der Waals surface area contributed by atoms with Crippen LogP contribution in [0.5, 0.6) is 0 Å². The van der Waals surface area contributed by atoms with Crippen molar-refractivity contribution >= 4 is 105 Å². The van der Waals surface area contributed by atoms with Gasteiger partial charge in [0.05, 0.1) is 23.3 Å². The molecule has 1 aromatic heterocycles. The highest BCUT2D eigenvalue weighted by molar-refractivity contribution is 6.29. The van der Waals surface area contributed by atoms with Crippen LogP contribution in [0, 0.1) is 0 Å². The maximum Gasteiger partial charge on any atom is 0.161 e. The molecule has 0 aliphatic rings. The molecule has 318 valence electrons. The van der Waals surface area contributed by atoms with Crippen LogP contribution in [0.2, 0.25) is 0 Å². The first-order chi connectivity index (χ1) is 33.7. The molecule has 0 saturated carbocycles. The van der Waals surface area contributed by atoms with Gasteiger partial charge in [0.15, 0.2) is 11.7 Å². The Balaban J connectivity index is 1.05. The van der Waals surface area contributed by atoms with Crippen molar-refractivity contribution in [3.63, 3.8) is 0 Å². The zero-order valence-corrected chi connectivity index (χ0v) is 37.1. The van der Waals surface area contributed by atoms with Gasteiger partial charge in [-0.2, -0.15) is 0 Å². The summed E-state index contributed by atoms with van der Waals surface area (Å²) in [5.41, 5.74) is 8.64. The number of hydrogen-bond donors (Lipinski definition) is 0. The van der Waals surface area contributed by atoms with Crippen molar-refractivity contribution in [2.24, 2.45) is 15.0 Å². The molecule has 0 atom stereocenters. The largest absolute Gasteiger partial charge is 0.309 e. The molecule has 4 heteroatoms. The number of amidine groups is 2. The number of rotatable bonds is 6.